The molecule has 3 fully saturated rings. The van der Waals surface area contributed by atoms with Crippen molar-refractivity contribution in [1.29, 1.82) is 0 Å². The van der Waals surface area contributed by atoms with Crippen LogP contribution in [0.25, 0.3) is 0 Å². The van der Waals surface area contributed by atoms with Gasteiger partial charge in [-0.15, -0.1) is 11.8 Å². The fraction of sp³-hybridized carbons (Fsp3) is 0.483. The van der Waals surface area contributed by atoms with Crippen molar-refractivity contribution in [3.05, 3.63) is 54.6 Å². The smallest absolute Gasteiger partial charge is 0.248 e. The molecule has 8 nitrogen and oxygen atoms in total. The van der Waals surface area contributed by atoms with Crippen LogP contribution in [-0.2, 0) is 14.4 Å². The van der Waals surface area contributed by atoms with Gasteiger partial charge >= 0.3 is 0 Å². The van der Waals surface area contributed by atoms with Gasteiger partial charge in [0.1, 0.15) is 6.04 Å². The van der Waals surface area contributed by atoms with Crippen LogP contribution in [0, 0.1) is 11.8 Å². The molecule has 3 saturated heterocycles. The number of carbonyl (C=O) groups is 3. The lowest BCUT2D eigenvalue weighted by Crippen LogP contribution is -2.52. The number of rotatable bonds is 10. The minimum absolute atomic E-state index is 0.000445. The molecular weight excluding hydrogens is 580 g/mol. The molecule has 3 N–H and O–H groups in total. The molecule has 3 heterocycles. The van der Waals surface area contributed by atoms with Crippen LogP contribution in [0.4, 0.5) is 17.1 Å². The van der Waals surface area contributed by atoms with Crippen LogP contribution in [0.15, 0.2) is 54.6 Å². The molecule has 0 radical (unpaired) electrons. The lowest BCUT2D eigenvalue weighted by molar-refractivity contribution is -0.138. The van der Waals surface area contributed by atoms with Crippen LogP contribution >= 0.6 is 27.7 Å². The minimum Gasteiger partial charge on any atom is -0.396 e. The summed E-state index contributed by atoms with van der Waals surface area (Å²) in [5.74, 6) is -1.80. The molecule has 3 amide bonds. The average molecular weight is 616 g/mol. The summed E-state index contributed by atoms with van der Waals surface area (Å²) in [6.45, 7) is 6.16. The first-order valence-corrected chi connectivity index (χ1v) is 15.4. The van der Waals surface area contributed by atoms with Gasteiger partial charge in [-0.05, 0) is 63.1 Å². The van der Waals surface area contributed by atoms with Crippen LogP contribution in [0.5, 0.6) is 0 Å². The van der Waals surface area contributed by atoms with E-state index in [1.54, 1.807) is 16.7 Å². The number of carbonyl (C=O) groups excluding carboxylic acids is 3. The van der Waals surface area contributed by atoms with Crippen molar-refractivity contribution in [3.63, 3.8) is 0 Å². The molecule has 2 bridgehead atoms. The first-order chi connectivity index (χ1) is 18.8. The molecule has 1 spiro atoms. The average Bonchev–Trinajstić information content (AvgIpc) is 3.52. The molecule has 6 atom stereocenters. The largest absolute Gasteiger partial charge is 0.396 e. The molecule has 208 valence electrons. The number of anilines is 3. The molecular formula is C29H35BrN4O4S. The van der Waals surface area contributed by atoms with Crippen molar-refractivity contribution in [1.82, 2.24) is 4.90 Å². The van der Waals surface area contributed by atoms with E-state index in [0.29, 0.717) is 24.2 Å². The second-order valence-corrected chi connectivity index (χ2v) is 13.1. The van der Waals surface area contributed by atoms with Crippen molar-refractivity contribution in [2.75, 3.05) is 41.8 Å². The molecule has 3 aliphatic rings. The minimum atomic E-state index is -0.742. The second kappa shape index (κ2) is 11.5. The number of thioether (sulfide) groups is 1. The summed E-state index contributed by atoms with van der Waals surface area (Å²) < 4.78 is -0.727. The highest BCUT2D eigenvalue weighted by Gasteiger charge is 2.75. The molecule has 39 heavy (non-hydrogen) atoms. The highest BCUT2D eigenvalue weighted by molar-refractivity contribution is 9.09. The Morgan fingerprint density at radius 3 is 2.33 bits per heavy atom. The molecule has 3 unspecified atom stereocenters. The maximum atomic E-state index is 14.0. The number of amides is 3. The molecule has 3 aliphatic heterocycles. The summed E-state index contributed by atoms with van der Waals surface area (Å²) >= 11 is 5.39. The van der Waals surface area contributed by atoms with E-state index in [2.05, 4.69) is 45.3 Å². The summed E-state index contributed by atoms with van der Waals surface area (Å²) in [6.07, 6.45) is 0.978. The van der Waals surface area contributed by atoms with E-state index in [0.717, 1.165) is 18.8 Å². The number of alkyl halides is 1. The number of aliphatic hydroxyl groups excluding tert-OH is 1. The van der Waals surface area contributed by atoms with E-state index in [9.17, 15) is 19.5 Å². The standard InChI is InChI=1S/C29H35BrN4O4S/c1-3-33(4-2)20-13-11-19(12-14-20)32-27(37)25-29-17-21(30)24(39-29)22(23(29)28(38)34(25)15-8-16-35)26(36)31-18-9-6-5-7-10-18/h5-7,9-14,21-25,35H,3-4,8,15-17H2,1-2H3,(H,31,36)(H,32,37)/t21?,22-,23+,24-,25?,29?/m1/s1. The lowest BCUT2D eigenvalue weighted by Gasteiger charge is -2.35. The molecule has 2 aromatic rings. The molecule has 0 aromatic heterocycles. The zero-order valence-electron chi connectivity index (χ0n) is 22.2. The number of likely N-dealkylation sites (tertiary alicyclic amines) is 1. The van der Waals surface area contributed by atoms with E-state index in [-0.39, 0.29) is 41.0 Å². The van der Waals surface area contributed by atoms with Crippen molar-refractivity contribution >= 4 is 62.5 Å². The Balaban J connectivity index is 1.43. The van der Waals surface area contributed by atoms with Crippen LogP contribution in [0.3, 0.4) is 0 Å². The second-order valence-electron chi connectivity index (χ2n) is 10.3. The van der Waals surface area contributed by atoms with Crippen molar-refractivity contribution < 1.29 is 19.5 Å². The van der Waals surface area contributed by atoms with Gasteiger partial charge in [0, 0.05) is 53.4 Å². The molecule has 0 saturated carbocycles. The van der Waals surface area contributed by atoms with Crippen LogP contribution in [0.1, 0.15) is 26.7 Å². The Labute approximate surface area is 242 Å². The van der Waals surface area contributed by atoms with Crippen molar-refractivity contribution in [2.45, 2.75) is 47.6 Å². The Morgan fingerprint density at radius 2 is 1.69 bits per heavy atom. The van der Waals surface area contributed by atoms with Gasteiger partial charge < -0.3 is 25.5 Å². The van der Waals surface area contributed by atoms with Gasteiger partial charge in [0.05, 0.1) is 16.6 Å². The van der Waals surface area contributed by atoms with Crippen molar-refractivity contribution in [3.8, 4) is 0 Å². The normalized spacial score (nSPS) is 28.9. The van der Waals surface area contributed by atoms with Gasteiger partial charge in [-0.1, -0.05) is 34.1 Å². The maximum Gasteiger partial charge on any atom is 0.248 e. The Bertz CT molecular complexity index is 1210. The third-order valence-corrected chi connectivity index (χ3v) is 11.4. The van der Waals surface area contributed by atoms with Gasteiger partial charge in [0.15, 0.2) is 0 Å². The molecule has 10 heteroatoms. The van der Waals surface area contributed by atoms with Crippen LogP contribution < -0.4 is 15.5 Å². The monoisotopic (exact) mass is 614 g/mol. The topological polar surface area (TPSA) is 102 Å². The zero-order valence-corrected chi connectivity index (χ0v) is 24.6. The van der Waals surface area contributed by atoms with Gasteiger partial charge in [-0.25, -0.2) is 0 Å². The third kappa shape index (κ3) is 4.95. The number of nitrogens with zero attached hydrogens (tertiary/aromatic N) is 2. The van der Waals surface area contributed by atoms with E-state index in [4.69, 9.17) is 0 Å². The molecule has 5 rings (SSSR count). The van der Waals surface area contributed by atoms with E-state index < -0.39 is 22.6 Å². The predicted molar refractivity (Wildman–Crippen MR) is 159 cm³/mol. The fourth-order valence-electron chi connectivity index (χ4n) is 6.51. The van der Waals surface area contributed by atoms with Crippen molar-refractivity contribution in [2.24, 2.45) is 11.8 Å². The number of para-hydroxylation sites is 1. The highest BCUT2D eigenvalue weighted by Crippen LogP contribution is 2.67. The summed E-state index contributed by atoms with van der Waals surface area (Å²) in [5, 5.41) is 15.5. The fourth-order valence-corrected chi connectivity index (χ4v) is 10.1. The summed E-state index contributed by atoms with van der Waals surface area (Å²) in [4.78, 5) is 45.3. The quantitative estimate of drug-likeness (QED) is 0.350. The maximum absolute atomic E-state index is 14.0. The third-order valence-electron chi connectivity index (χ3n) is 8.20. The van der Waals surface area contributed by atoms with E-state index in [1.807, 2.05) is 54.6 Å². The SMILES string of the molecule is CCN(CC)c1ccc(NC(=O)C2N(CCCO)C(=O)[C@@H]3[C@@H](C(=O)Nc4ccccc4)[C@@H]4SC23CC4Br)cc1. The molecule has 0 aliphatic carbocycles. The van der Waals surface area contributed by atoms with Crippen LogP contribution in [-0.4, -0.2) is 74.8 Å². The van der Waals surface area contributed by atoms with Gasteiger partial charge in [0.2, 0.25) is 17.7 Å². The number of hydrogen-bond donors (Lipinski definition) is 3. The number of aliphatic hydroxyl groups is 1. The van der Waals surface area contributed by atoms with Crippen LogP contribution in [0.2, 0.25) is 0 Å². The zero-order chi connectivity index (χ0) is 27.7. The summed E-state index contributed by atoms with van der Waals surface area (Å²) in [7, 11) is 0. The van der Waals surface area contributed by atoms with E-state index in [1.165, 1.54) is 0 Å². The van der Waals surface area contributed by atoms with E-state index >= 15 is 0 Å². The number of halogens is 1. The number of nitrogens with one attached hydrogen (secondary N) is 2. The Kier molecular flexibility index (Phi) is 8.26. The Hall–Kier alpha value is -2.56. The number of hydrogen-bond acceptors (Lipinski definition) is 6. The van der Waals surface area contributed by atoms with Gasteiger partial charge in [-0.2, -0.15) is 0 Å². The number of fused-ring (bicyclic) bond motifs is 1. The Morgan fingerprint density at radius 1 is 1.05 bits per heavy atom. The van der Waals surface area contributed by atoms with Gasteiger partial charge in [0.25, 0.3) is 0 Å². The first kappa shape index (κ1) is 28.0. The number of benzene rings is 2. The molecule has 2 aromatic carbocycles. The highest BCUT2D eigenvalue weighted by atomic mass is 79.9. The summed E-state index contributed by atoms with van der Waals surface area (Å²) in [6, 6.07) is 16.2. The summed E-state index contributed by atoms with van der Waals surface area (Å²) in [5.41, 5.74) is 2.42. The lowest BCUT2D eigenvalue weighted by atomic mass is 9.70. The first-order valence-electron chi connectivity index (χ1n) is 13.6. The predicted octanol–water partition coefficient (Wildman–Crippen LogP) is 3.96. The van der Waals surface area contributed by atoms with Gasteiger partial charge in [-0.3, -0.25) is 14.4 Å².